The molecule has 0 radical (unpaired) electrons. The molecule has 1 aromatic carbocycles. The van der Waals surface area contributed by atoms with Crippen LogP contribution in [-0.4, -0.2) is 12.1 Å². The number of carbonyl (C=O) groups excluding carboxylic acids is 1. The molecule has 1 rings (SSSR count). The Bertz CT molecular complexity index is 443. The van der Waals surface area contributed by atoms with E-state index in [0.29, 0.717) is 0 Å². The molecule has 0 N–H and O–H groups in total. The first kappa shape index (κ1) is 14.0. The van der Waals surface area contributed by atoms with Gasteiger partial charge in [-0.2, -0.15) is 0 Å². The zero-order valence-electron chi connectivity index (χ0n) is 10.6. The number of allylic oxidation sites excluding steroid dienone is 2. The number of esters is 1. The van der Waals surface area contributed by atoms with Crippen LogP contribution < -0.4 is 0 Å². The van der Waals surface area contributed by atoms with Crippen LogP contribution in [0.5, 0.6) is 0 Å². The van der Waals surface area contributed by atoms with Crippen molar-refractivity contribution in [3.8, 4) is 0 Å². The van der Waals surface area contributed by atoms with Crippen molar-refractivity contribution in [2.45, 2.75) is 19.4 Å². The molecule has 0 amide bonds. The third kappa shape index (κ3) is 4.42. The van der Waals surface area contributed by atoms with E-state index in [1.165, 1.54) is 0 Å². The molecule has 0 spiro atoms. The van der Waals surface area contributed by atoms with E-state index in [-0.39, 0.29) is 18.5 Å². The molecule has 94 valence electrons. The first-order chi connectivity index (χ1) is 8.67. The van der Waals surface area contributed by atoms with E-state index in [9.17, 15) is 4.79 Å². The van der Waals surface area contributed by atoms with Gasteiger partial charge in [-0.25, -0.2) is 0 Å². The second-order valence-corrected chi connectivity index (χ2v) is 3.90. The van der Waals surface area contributed by atoms with E-state index in [4.69, 9.17) is 4.74 Å². The molecule has 0 aromatic heterocycles. The van der Waals surface area contributed by atoms with E-state index < -0.39 is 0 Å². The van der Waals surface area contributed by atoms with Crippen LogP contribution in [0.25, 0.3) is 0 Å². The summed E-state index contributed by atoms with van der Waals surface area (Å²) in [4.78, 5) is 11.7. The van der Waals surface area contributed by atoms with Gasteiger partial charge >= 0.3 is 5.97 Å². The average molecular weight is 242 g/mol. The molecule has 1 atom stereocenters. The smallest absolute Gasteiger partial charge is 0.310 e. The van der Waals surface area contributed by atoms with E-state index in [1.54, 1.807) is 18.2 Å². The lowest BCUT2D eigenvalue weighted by Gasteiger charge is -2.14. The van der Waals surface area contributed by atoms with Gasteiger partial charge in [-0.05, 0) is 18.1 Å². The molecule has 0 saturated carbocycles. The van der Waals surface area contributed by atoms with Crippen molar-refractivity contribution in [2.75, 3.05) is 0 Å². The highest BCUT2D eigenvalue weighted by molar-refractivity contribution is 5.73. The number of hydrogen-bond acceptors (Lipinski definition) is 2. The second-order valence-electron chi connectivity index (χ2n) is 3.90. The summed E-state index contributed by atoms with van der Waals surface area (Å²) in [5, 5.41) is 0. The van der Waals surface area contributed by atoms with E-state index >= 15 is 0 Å². The maximum atomic E-state index is 11.7. The van der Waals surface area contributed by atoms with Crippen LogP contribution in [0.4, 0.5) is 0 Å². The van der Waals surface area contributed by atoms with Crippen molar-refractivity contribution in [1.82, 2.24) is 0 Å². The Morgan fingerprint density at radius 1 is 1.33 bits per heavy atom. The number of ether oxygens (including phenoxy) is 1. The highest BCUT2D eigenvalue weighted by atomic mass is 16.5. The number of benzene rings is 1. The van der Waals surface area contributed by atoms with Crippen molar-refractivity contribution < 1.29 is 9.53 Å². The van der Waals surface area contributed by atoms with Gasteiger partial charge in [0, 0.05) is 0 Å². The summed E-state index contributed by atoms with van der Waals surface area (Å²) in [5.41, 5.74) is 1.79. The molecule has 2 heteroatoms. The monoisotopic (exact) mass is 242 g/mol. The topological polar surface area (TPSA) is 26.3 Å². The molecule has 1 aromatic rings. The summed E-state index contributed by atoms with van der Waals surface area (Å²) in [6, 6.07) is 9.53. The van der Waals surface area contributed by atoms with E-state index in [1.807, 2.05) is 37.3 Å². The quantitative estimate of drug-likeness (QED) is 0.564. The maximum Gasteiger partial charge on any atom is 0.310 e. The van der Waals surface area contributed by atoms with Gasteiger partial charge in [0.25, 0.3) is 0 Å². The molecule has 1 unspecified atom stereocenters. The Hall–Kier alpha value is -2.09. The van der Waals surface area contributed by atoms with Crippen LogP contribution in [-0.2, 0) is 16.0 Å². The number of hydrogen-bond donors (Lipinski definition) is 0. The molecule has 0 aliphatic heterocycles. The molecule has 0 aliphatic carbocycles. The van der Waals surface area contributed by atoms with Crippen LogP contribution >= 0.6 is 0 Å². The molecule has 0 heterocycles. The van der Waals surface area contributed by atoms with Crippen molar-refractivity contribution in [1.29, 1.82) is 0 Å². The normalized spacial score (nSPS) is 12.6. The minimum absolute atomic E-state index is 0.245. The van der Waals surface area contributed by atoms with Gasteiger partial charge in [-0.15, -0.1) is 0 Å². The van der Waals surface area contributed by atoms with E-state index in [2.05, 4.69) is 13.2 Å². The van der Waals surface area contributed by atoms with Crippen molar-refractivity contribution in [3.05, 3.63) is 72.9 Å². The van der Waals surface area contributed by atoms with Gasteiger partial charge < -0.3 is 4.74 Å². The molecule has 2 nitrogen and oxygen atoms in total. The minimum atomic E-state index is -0.309. The van der Waals surface area contributed by atoms with Crippen LogP contribution in [0, 0.1) is 0 Å². The zero-order chi connectivity index (χ0) is 13.4. The molecule has 0 fully saturated rings. The summed E-state index contributed by atoms with van der Waals surface area (Å²) < 4.78 is 5.33. The van der Waals surface area contributed by atoms with Gasteiger partial charge in [-0.3, -0.25) is 4.79 Å². The van der Waals surface area contributed by atoms with Crippen molar-refractivity contribution in [2.24, 2.45) is 0 Å². The molecule has 18 heavy (non-hydrogen) atoms. The van der Waals surface area contributed by atoms with Crippen molar-refractivity contribution in [3.63, 3.8) is 0 Å². The summed E-state index contributed by atoms with van der Waals surface area (Å²) >= 11 is 0. The van der Waals surface area contributed by atoms with Crippen LogP contribution in [0.1, 0.15) is 12.5 Å². The van der Waals surface area contributed by atoms with Gasteiger partial charge in [-0.1, -0.05) is 61.7 Å². The third-order valence-corrected chi connectivity index (χ3v) is 2.51. The predicted octanol–water partition coefficient (Wildman–Crippen LogP) is 3.46. The van der Waals surface area contributed by atoms with Crippen LogP contribution in [0.15, 0.2) is 67.3 Å². The fourth-order valence-electron chi connectivity index (χ4n) is 1.58. The summed E-state index contributed by atoms with van der Waals surface area (Å²) in [6.45, 7) is 9.12. The van der Waals surface area contributed by atoms with Crippen molar-refractivity contribution >= 4 is 5.97 Å². The molecule has 0 aliphatic rings. The lowest BCUT2D eigenvalue weighted by Crippen LogP contribution is -2.18. The summed E-state index contributed by atoms with van der Waals surface area (Å²) in [6.07, 6.45) is 5.08. The first-order valence-corrected chi connectivity index (χ1v) is 5.85. The number of carbonyl (C=O) groups is 1. The molecular formula is C16H18O2. The Morgan fingerprint density at radius 2 is 2.00 bits per heavy atom. The summed E-state index contributed by atoms with van der Waals surface area (Å²) in [5.74, 6) is -0.245. The Morgan fingerprint density at radius 3 is 2.56 bits per heavy atom. The van der Waals surface area contributed by atoms with Crippen LogP contribution in [0.2, 0.25) is 0 Å². The second kappa shape index (κ2) is 7.28. The Balaban J connectivity index is 2.57. The number of rotatable bonds is 6. The van der Waals surface area contributed by atoms with Gasteiger partial charge in [0.05, 0.1) is 6.42 Å². The first-order valence-electron chi connectivity index (χ1n) is 5.85. The summed E-state index contributed by atoms with van der Waals surface area (Å²) in [7, 11) is 0. The average Bonchev–Trinajstić information content (AvgIpc) is 2.36. The van der Waals surface area contributed by atoms with Gasteiger partial charge in [0.15, 0.2) is 0 Å². The van der Waals surface area contributed by atoms with Crippen LogP contribution in [0.3, 0.4) is 0 Å². The standard InChI is InChI=1S/C16H18O2/c1-4-9-15(5-2)13(3)18-16(17)12-14-10-7-6-8-11-14/h4-11,13H,1-2,12H2,3H3/b15-9+. The Labute approximate surface area is 108 Å². The minimum Gasteiger partial charge on any atom is -0.458 e. The third-order valence-electron chi connectivity index (χ3n) is 2.51. The highest BCUT2D eigenvalue weighted by Crippen LogP contribution is 2.10. The maximum absolute atomic E-state index is 11.7. The fourth-order valence-corrected chi connectivity index (χ4v) is 1.58. The van der Waals surface area contributed by atoms with Gasteiger partial charge in [0.2, 0.25) is 0 Å². The predicted molar refractivity (Wildman–Crippen MR) is 74.2 cm³/mol. The fraction of sp³-hybridized carbons (Fsp3) is 0.188. The SMILES string of the molecule is C=C/C=C(\C=C)C(C)OC(=O)Cc1ccccc1. The molecule has 0 saturated heterocycles. The molecule has 0 bridgehead atoms. The highest BCUT2D eigenvalue weighted by Gasteiger charge is 2.12. The lowest BCUT2D eigenvalue weighted by molar-refractivity contribution is -0.145. The lowest BCUT2D eigenvalue weighted by atomic mass is 10.1. The van der Waals surface area contributed by atoms with E-state index in [0.717, 1.165) is 11.1 Å². The zero-order valence-corrected chi connectivity index (χ0v) is 10.6. The largest absolute Gasteiger partial charge is 0.458 e. The Kier molecular flexibility index (Phi) is 5.65. The van der Waals surface area contributed by atoms with Gasteiger partial charge in [0.1, 0.15) is 6.10 Å². The molecular weight excluding hydrogens is 224 g/mol.